The first kappa shape index (κ1) is 14.7. The van der Waals surface area contributed by atoms with Crippen LogP contribution in [0.2, 0.25) is 5.02 Å². The number of aromatic nitrogens is 3. The molecule has 0 saturated carbocycles. The summed E-state index contributed by atoms with van der Waals surface area (Å²) in [6, 6.07) is 17.5. The molecule has 4 aromatic rings. The fourth-order valence-electron chi connectivity index (χ4n) is 2.50. The Kier molecular flexibility index (Phi) is 3.84. The molecule has 0 saturated heterocycles. The normalized spacial score (nSPS) is 10.9. The molecule has 6 heteroatoms. The summed E-state index contributed by atoms with van der Waals surface area (Å²) in [6.45, 7) is 0.535. The summed E-state index contributed by atoms with van der Waals surface area (Å²) in [5, 5.41) is 8.10. The third-order valence-corrected chi connectivity index (χ3v) is 4.08. The van der Waals surface area contributed by atoms with Crippen molar-refractivity contribution < 1.29 is 4.52 Å². The van der Waals surface area contributed by atoms with Crippen LogP contribution in [0.25, 0.3) is 22.4 Å². The predicted octanol–water partition coefficient (Wildman–Crippen LogP) is 4.55. The summed E-state index contributed by atoms with van der Waals surface area (Å²) in [7, 11) is 0. The molecule has 0 radical (unpaired) electrons. The van der Waals surface area contributed by atoms with Crippen LogP contribution in [-0.2, 0) is 6.54 Å². The first-order valence-electron chi connectivity index (χ1n) is 7.46. The molecule has 2 aromatic carbocycles. The van der Waals surface area contributed by atoms with E-state index in [-0.39, 0.29) is 0 Å². The Labute approximate surface area is 143 Å². The van der Waals surface area contributed by atoms with Crippen molar-refractivity contribution in [1.82, 2.24) is 15.1 Å². The topological polar surface area (TPSA) is 63.8 Å². The molecule has 0 fully saturated rings. The maximum Gasteiger partial charge on any atom is 0.228 e. The highest BCUT2D eigenvalue weighted by Crippen LogP contribution is 2.29. The fourth-order valence-corrected chi connectivity index (χ4v) is 2.70. The van der Waals surface area contributed by atoms with Gasteiger partial charge in [0.05, 0.1) is 0 Å². The quantitative estimate of drug-likeness (QED) is 0.592. The first-order valence-corrected chi connectivity index (χ1v) is 7.84. The molecule has 24 heavy (non-hydrogen) atoms. The summed E-state index contributed by atoms with van der Waals surface area (Å²) in [6.07, 6.45) is 1.50. The van der Waals surface area contributed by atoms with E-state index >= 15 is 0 Å². The molecule has 0 unspecified atom stereocenters. The second-order valence-corrected chi connectivity index (χ2v) is 5.65. The van der Waals surface area contributed by atoms with Crippen LogP contribution in [0, 0.1) is 0 Å². The van der Waals surface area contributed by atoms with E-state index in [4.69, 9.17) is 16.1 Å². The van der Waals surface area contributed by atoms with E-state index in [1.807, 2.05) is 54.6 Å². The van der Waals surface area contributed by atoms with Crippen LogP contribution in [0.3, 0.4) is 0 Å². The van der Waals surface area contributed by atoms with Crippen molar-refractivity contribution in [2.75, 3.05) is 5.32 Å². The van der Waals surface area contributed by atoms with Crippen molar-refractivity contribution in [3.8, 4) is 11.3 Å². The van der Waals surface area contributed by atoms with Gasteiger partial charge in [0.2, 0.25) is 5.58 Å². The van der Waals surface area contributed by atoms with Gasteiger partial charge >= 0.3 is 0 Å². The van der Waals surface area contributed by atoms with Gasteiger partial charge in [0.25, 0.3) is 0 Å². The summed E-state index contributed by atoms with van der Waals surface area (Å²) in [5.74, 6) is 0.592. The number of hydrogen-bond donors (Lipinski definition) is 1. The van der Waals surface area contributed by atoms with Gasteiger partial charge in [-0.15, -0.1) is 0 Å². The predicted molar refractivity (Wildman–Crippen MR) is 93.8 cm³/mol. The number of rotatable bonds is 4. The molecule has 2 heterocycles. The number of benzene rings is 2. The second kappa shape index (κ2) is 6.29. The fraction of sp³-hybridized carbons (Fsp3) is 0.0556. The summed E-state index contributed by atoms with van der Waals surface area (Å²) in [5.41, 5.74) is 3.84. The number of halogens is 1. The van der Waals surface area contributed by atoms with Crippen LogP contribution in [-0.4, -0.2) is 15.1 Å². The lowest BCUT2D eigenvalue weighted by Crippen LogP contribution is -2.02. The van der Waals surface area contributed by atoms with Gasteiger partial charge in [-0.25, -0.2) is 9.97 Å². The number of nitrogens with zero attached hydrogens (tertiary/aromatic N) is 3. The van der Waals surface area contributed by atoms with Crippen molar-refractivity contribution in [1.29, 1.82) is 0 Å². The SMILES string of the molecule is Clc1ccccc1CNc1ncnc2c(-c3ccccc3)noc12. The molecular weight excluding hydrogens is 324 g/mol. The van der Waals surface area contributed by atoms with Crippen molar-refractivity contribution in [3.05, 3.63) is 71.5 Å². The summed E-state index contributed by atoms with van der Waals surface area (Å²) in [4.78, 5) is 8.58. The van der Waals surface area contributed by atoms with E-state index in [1.54, 1.807) is 0 Å². The van der Waals surface area contributed by atoms with Gasteiger partial charge in [0.1, 0.15) is 17.5 Å². The van der Waals surface area contributed by atoms with Gasteiger partial charge in [0, 0.05) is 17.1 Å². The lowest BCUT2D eigenvalue weighted by Gasteiger charge is -2.06. The Morgan fingerprint density at radius 3 is 2.58 bits per heavy atom. The monoisotopic (exact) mass is 336 g/mol. The van der Waals surface area contributed by atoms with E-state index in [2.05, 4.69) is 20.4 Å². The average molecular weight is 337 g/mol. The van der Waals surface area contributed by atoms with Crippen LogP contribution in [0.15, 0.2) is 65.4 Å². The number of anilines is 1. The molecule has 0 bridgehead atoms. The summed E-state index contributed by atoms with van der Waals surface area (Å²) < 4.78 is 5.48. The van der Waals surface area contributed by atoms with E-state index in [9.17, 15) is 0 Å². The molecule has 118 valence electrons. The van der Waals surface area contributed by atoms with Gasteiger partial charge in [-0.1, -0.05) is 65.3 Å². The molecule has 0 aliphatic rings. The Morgan fingerprint density at radius 1 is 0.958 bits per heavy atom. The first-order chi connectivity index (χ1) is 11.8. The highest BCUT2D eigenvalue weighted by atomic mass is 35.5. The Balaban J connectivity index is 1.68. The lowest BCUT2D eigenvalue weighted by molar-refractivity contribution is 0.459. The van der Waals surface area contributed by atoms with E-state index in [0.717, 1.165) is 11.1 Å². The Bertz CT molecular complexity index is 985. The maximum absolute atomic E-state index is 6.18. The number of nitrogens with one attached hydrogen (secondary N) is 1. The second-order valence-electron chi connectivity index (χ2n) is 5.24. The Hall–Kier alpha value is -2.92. The van der Waals surface area contributed by atoms with Gasteiger partial charge < -0.3 is 9.84 Å². The lowest BCUT2D eigenvalue weighted by atomic mass is 10.1. The van der Waals surface area contributed by atoms with Crippen molar-refractivity contribution in [2.45, 2.75) is 6.54 Å². The standard InChI is InChI=1S/C18H13ClN4O/c19-14-9-5-4-8-13(14)10-20-18-17-16(21-11-22-18)15(23-24-17)12-6-2-1-3-7-12/h1-9,11H,10H2,(H,20,21,22). The van der Waals surface area contributed by atoms with Gasteiger partial charge in [-0.05, 0) is 11.6 Å². The molecule has 0 spiro atoms. The van der Waals surface area contributed by atoms with Gasteiger partial charge in [0.15, 0.2) is 5.82 Å². The van der Waals surface area contributed by atoms with E-state index in [0.29, 0.717) is 34.2 Å². The van der Waals surface area contributed by atoms with Crippen LogP contribution in [0.5, 0.6) is 0 Å². The molecule has 0 amide bonds. The minimum absolute atomic E-state index is 0.531. The highest BCUT2D eigenvalue weighted by Gasteiger charge is 2.15. The third-order valence-electron chi connectivity index (χ3n) is 3.71. The molecule has 0 atom stereocenters. The van der Waals surface area contributed by atoms with Gasteiger partial charge in [-0.3, -0.25) is 0 Å². The molecule has 1 N–H and O–H groups in total. The van der Waals surface area contributed by atoms with Gasteiger partial charge in [-0.2, -0.15) is 0 Å². The number of fused-ring (bicyclic) bond motifs is 1. The average Bonchev–Trinajstić information content (AvgIpc) is 3.06. The minimum atomic E-state index is 0.531. The van der Waals surface area contributed by atoms with E-state index in [1.165, 1.54) is 6.33 Å². The van der Waals surface area contributed by atoms with Crippen LogP contribution >= 0.6 is 11.6 Å². The Morgan fingerprint density at radius 2 is 1.75 bits per heavy atom. The maximum atomic E-state index is 6.18. The highest BCUT2D eigenvalue weighted by molar-refractivity contribution is 6.31. The van der Waals surface area contributed by atoms with Crippen LogP contribution in [0.1, 0.15) is 5.56 Å². The molecular formula is C18H13ClN4O. The largest absolute Gasteiger partial charge is 0.363 e. The molecule has 4 rings (SSSR count). The van der Waals surface area contributed by atoms with Crippen LogP contribution in [0.4, 0.5) is 5.82 Å². The molecule has 2 aromatic heterocycles. The zero-order valence-electron chi connectivity index (χ0n) is 12.6. The van der Waals surface area contributed by atoms with Crippen molar-refractivity contribution in [3.63, 3.8) is 0 Å². The minimum Gasteiger partial charge on any atom is -0.363 e. The summed E-state index contributed by atoms with van der Waals surface area (Å²) >= 11 is 6.18. The third kappa shape index (κ3) is 2.70. The van der Waals surface area contributed by atoms with Crippen molar-refractivity contribution in [2.24, 2.45) is 0 Å². The molecule has 0 aliphatic heterocycles. The molecule has 5 nitrogen and oxygen atoms in total. The zero-order valence-corrected chi connectivity index (χ0v) is 13.4. The van der Waals surface area contributed by atoms with Crippen LogP contribution < -0.4 is 5.32 Å². The van der Waals surface area contributed by atoms with Crippen molar-refractivity contribution >= 4 is 28.5 Å². The zero-order chi connectivity index (χ0) is 16.4. The number of hydrogen-bond acceptors (Lipinski definition) is 5. The molecule has 0 aliphatic carbocycles. The smallest absolute Gasteiger partial charge is 0.228 e. The van der Waals surface area contributed by atoms with E-state index < -0.39 is 0 Å².